The topological polar surface area (TPSA) is 49.9 Å². The summed E-state index contributed by atoms with van der Waals surface area (Å²) in [5.74, 6) is 0.110. The average Bonchev–Trinajstić information content (AvgIpc) is 2.83. The highest BCUT2D eigenvalue weighted by Crippen LogP contribution is 2.20. The zero-order valence-corrected chi connectivity index (χ0v) is 13.0. The van der Waals surface area contributed by atoms with Crippen LogP contribution in [0.25, 0.3) is 0 Å². The van der Waals surface area contributed by atoms with Gasteiger partial charge in [0.15, 0.2) is 0 Å². The fourth-order valence-electron chi connectivity index (χ4n) is 1.97. The Morgan fingerprint density at radius 3 is 2.47 bits per heavy atom. The van der Waals surface area contributed by atoms with Gasteiger partial charge in [-0.3, -0.25) is 4.79 Å². The quantitative estimate of drug-likeness (QED) is 0.822. The minimum atomic E-state index is -0.325. The Balaban J connectivity index is 1.84. The van der Waals surface area contributed by atoms with Gasteiger partial charge in [-0.05, 0) is 22.0 Å². The van der Waals surface area contributed by atoms with Gasteiger partial charge in [0, 0.05) is 40.9 Å². The second-order valence-corrected chi connectivity index (χ2v) is 6.16. The molecule has 5 nitrogen and oxygen atoms in total. The SMILES string of the molecule is COC(=O)N1CCN(C(=O)Cc2cc(Br)cs2)CC1. The fraction of sp³-hybridized carbons (Fsp3) is 0.500. The highest BCUT2D eigenvalue weighted by atomic mass is 79.9. The largest absolute Gasteiger partial charge is 0.453 e. The molecule has 19 heavy (non-hydrogen) atoms. The third-order valence-corrected chi connectivity index (χ3v) is 4.71. The molecular weight excluding hydrogens is 332 g/mol. The van der Waals surface area contributed by atoms with Crippen LogP contribution in [0.5, 0.6) is 0 Å². The van der Waals surface area contributed by atoms with Crippen LogP contribution in [0, 0.1) is 0 Å². The first kappa shape index (κ1) is 14.3. The normalized spacial score (nSPS) is 15.5. The molecule has 0 saturated carbocycles. The van der Waals surface area contributed by atoms with E-state index in [0.717, 1.165) is 9.35 Å². The summed E-state index contributed by atoms with van der Waals surface area (Å²) in [6.07, 6.45) is 0.100. The second-order valence-electron chi connectivity index (χ2n) is 4.25. The minimum Gasteiger partial charge on any atom is -0.453 e. The highest BCUT2D eigenvalue weighted by molar-refractivity contribution is 9.10. The Morgan fingerprint density at radius 1 is 1.32 bits per heavy atom. The lowest BCUT2D eigenvalue weighted by Crippen LogP contribution is -2.50. The number of halogens is 1. The van der Waals surface area contributed by atoms with Crippen LogP contribution in [-0.4, -0.2) is 55.1 Å². The van der Waals surface area contributed by atoms with Gasteiger partial charge in [-0.25, -0.2) is 4.79 Å². The number of ether oxygens (including phenoxy) is 1. The maximum absolute atomic E-state index is 12.1. The number of piperazine rings is 1. The van der Waals surface area contributed by atoms with Crippen molar-refractivity contribution in [3.8, 4) is 0 Å². The second kappa shape index (κ2) is 6.38. The number of thiophene rings is 1. The van der Waals surface area contributed by atoms with Gasteiger partial charge in [0.1, 0.15) is 0 Å². The molecule has 0 unspecified atom stereocenters. The molecule has 0 aliphatic carbocycles. The van der Waals surface area contributed by atoms with Crippen molar-refractivity contribution in [2.24, 2.45) is 0 Å². The number of methoxy groups -OCH3 is 1. The first-order chi connectivity index (χ1) is 9.10. The molecule has 2 heterocycles. The summed E-state index contributed by atoms with van der Waals surface area (Å²) in [6.45, 7) is 2.21. The molecule has 1 saturated heterocycles. The molecule has 1 aromatic heterocycles. The van der Waals surface area contributed by atoms with Crippen molar-refractivity contribution in [3.63, 3.8) is 0 Å². The Labute approximate surface area is 124 Å². The smallest absolute Gasteiger partial charge is 0.409 e. The molecule has 1 aliphatic heterocycles. The lowest BCUT2D eigenvalue weighted by atomic mass is 10.2. The Kier molecular flexibility index (Phi) is 4.81. The number of hydrogen-bond donors (Lipinski definition) is 0. The Bertz CT molecular complexity index is 469. The molecule has 1 aromatic rings. The van der Waals surface area contributed by atoms with E-state index < -0.39 is 0 Å². The molecule has 2 rings (SSSR count). The summed E-state index contributed by atoms with van der Waals surface area (Å²) in [5.41, 5.74) is 0. The monoisotopic (exact) mass is 346 g/mol. The number of rotatable bonds is 2. The summed E-state index contributed by atoms with van der Waals surface area (Å²) in [5, 5.41) is 1.97. The molecule has 7 heteroatoms. The number of carbonyl (C=O) groups excluding carboxylic acids is 2. The van der Waals surface area contributed by atoms with Gasteiger partial charge in [0.25, 0.3) is 0 Å². The molecule has 0 bridgehead atoms. The predicted octanol–water partition coefficient (Wildman–Crippen LogP) is 1.96. The average molecular weight is 347 g/mol. The van der Waals surface area contributed by atoms with Crippen molar-refractivity contribution in [1.29, 1.82) is 0 Å². The van der Waals surface area contributed by atoms with Gasteiger partial charge in [-0.15, -0.1) is 11.3 Å². The zero-order chi connectivity index (χ0) is 13.8. The fourth-order valence-corrected chi connectivity index (χ4v) is 3.42. The van der Waals surface area contributed by atoms with E-state index in [0.29, 0.717) is 32.6 Å². The summed E-state index contributed by atoms with van der Waals surface area (Å²) in [6, 6.07) is 1.97. The van der Waals surface area contributed by atoms with Crippen LogP contribution in [0.3, 0.4) is 0 Å². The standard InChI is InChI=1S/C12H15BrN2O3S/c1-18-12(17)15-4-2-14(3-5-15)11(16)7-10-6-9(13)8-19-10/h6,8H,2-5,7H2,1H3. The minimum absolute atomic E-state index is 0.110. The third-order valence-electron chi connectivity index (χ3n) is 3.01. The Hall–Kier alpha value is -1.08. The molecule has 0 spiro atoms. The first-order valence-corrected chi connectivity index (χ1v) is 7.61. The van der Waals surface area contributed by atoms with E-state index in [-0.39, 0.29) is 12.0 Å². The molecule has 2 amide bonds. The van der Waals surface area contributed by atoms with Crippen LogP contribution >= 0.6 is 27.3 Å². The van der Waals surface area contributed by atoms with Crippen LogP contribution in [0.1, 0.15) is 4.88 Å². The number of hydrogen-bond acceptors (Lipinski definition) is 4. The van der Waals surface area contributed by atoms with Gasteiger partial charge in [0.05, 0.1) is 13.5 Å². The van der Waals surface area contributed by atoms with Crippen molar-refractivity contribution in [2.75, 3.05) is 33.3 Å². The molecular formula is C12H15BrN2O3S. The lowest BCUT2D eigenvalue weighted by Gasteiger charge is -2.33. The van der Waals surface area contributed by atoms with E-state index >= 15 is 0 Å². The van der Waals surface area contributed by atoms with E-state index in [2.05, 4.69) is 20.7 Å². The van der Waals surface area contributed by atoms with Gasteiger partial charge in [-0.2, -0.15) is 0 Å². The van der Waals surface area contributed by atoms with Crippen molar-refractivity contribution < 1.29 is 14.3 Å². The number of nitrogens with zero attached hydrogens (tertiary/aromatic N) is 2. The molecule has 0 aromatic carbocycles. The van der Waals surface area contributed by atoms with Gasteiger partial charge < -0.3 is 14.5 Å². The van der Waals surface area contributed by atoms with Crippen LogP contribution in [0.4, 0.5) is 4.79 Å². The summed E-state index contributed by atoms with van der Waals surface area (Å²) in [4.78, 5) is 27.9. The molecule has 104 valence electrons. The summed E-state index contributed by atoms with van der Waals surface area (Å²) < 4.78 is 5.67. The third kappa shape index (κ3) is 3.70. The van der Waals surface area contributed by atoms with E-state index in [1.807, 2.05) is 11.4 Å². The number of carbonyl (C=O) groups is 2. The van der Waals surface area contributed by atoms with Crippen molar-refractivity contribution >= 4 is 39.3 Å². The highest BCUT2D eigenvalue weighted by Gasteiger charge is 2.24. The van der Waals surface area contributed by atoms with Crippen LogP contribution in [0.15, 0.2) is 15.9 Å². The van der Waals surface area contributed by atoms with Gasteiger partial charge >= 0.3 is 6.09 Å². The maximum atomic E-state index is 12.1. The van der Waals surface area contributed by atoms with Crippen LogP contribution in [0.2, 0.25) is 0 Å². The molecule has 0 atom stereocenters. The molecule has 1 aliphatic rings. The van der Waals surface area contributed by atoms with E-state index in [1.165, 1.54) is 7.11 Å². The van der Waals surface area contributed by atoms with Gasteiger partial charge in [0.2, 0.25) is 5.91 Å². The lowest BCUT2D eigenvalue weighted by molar-refractivity contribution is -0.131. The van der Waals surface area contributed by atoms with E-state index in [1.54, 1.807) is 21.1 Å². The summed E-state index contributed by atoms with van der Waals surface area (Å²) in [7, 11) is 1.37. The Morgan fingerprint density at radius 2 is 1.95 bits per heavy atom. The van der Waals surface area contributed by atoms with Crippen molar-refractivity contribution in [1.82, 2.24) is 9.80 Å². The van der Waals surface area contributed by atoms with Crippen LogP contribution in [-0.2, 0) is 16.0 Å². The van der Waals surface area contributed by atoms with Crippen molar-refractivity contribution in [2.45, 2.75) is 6.42 Å². The molecule has 0 N–H and O–H groups in total. The summed E-state index contributed by atoms with van der Waals surface area (Å²) >= 11 is 4.95. The van der Waals surface area contributed by atoms with Crippen LogP contribution < -0.4 is 0 Å². The predicted molar refractivity (Wildman–Crippen MR) is 76.3 cm³/mol. The number of amides is 2. The first-order valence-electron chi connectivity index (χ1n) is 5.93. The van der Waals surface area contributed by atoms with Gasteiger partial charge in [-0.1, -0.05) is 0 Å². The van der Waals surface area contributed by atoms with E-state index in [4.69, 9.17) is 0 Å². The molecule has 1 fully saturated rings. The zero-order valence-electron chi connectivity index (χ0n) is 10.6. The van der Waals surface area contributed by atoms with Crippen molar-refractivity contribution in [3.05, 3.63) is 20.8 Å². The maximum Gasteiger partial charge on any atom is 0.409 e. The molecule has 0 radical (unpaired) electrons. The van der Waals surface area contributed by atoms with E-state index in [9.17, 15) is 9.59 Å².